The average Bonchev–Trinajstić information content (AvgIpc) is 2.50. The van der Waals surface area contributed by atoms with Crippen molar-refractivity contribution < 1.29 is 57.9 Å². The highest BCUT2D eigenvalue weighted by Crippen LogP contribution is 2.25. The first-order valence-electron chi connectivity index (χ1n) is 29.1. The SMILES string of the molecule is CC(C)C[C@H](NC(=O)[C@H](Cc1cnc[nH]1)N(C)C(=O)CNC(=O)[C@@H](NC(=O)[C@H](C)NC(=O)[C@H](Cc1c[nH]c2ccccc12)NC(=O)[C@H](CCC(N)=O)NC(=O)[C@@H](Cc1ccccc1)NC(=O)[C@@H]1CCCCN1)C(C)(C)C)C(=O)N1CSC[C@H]1C(=O)NO. The minimum absolute atomic E-state index is 0.0603. The Bertz CT molecular complexity index is 3060. The molecule has 0 spiro atoms. The first kappa shape index (κ1) is 67.8. The number of H-pyrrole nitrogens is 2. The summed E-state index contributed by atoms with van der Waals surface area (Å²) in [4.78, 5) is 164. The van der Waals surface area contributed by atoms with Gasteiger partial charge in [-0.2, -0.15) is 0 Å². The summed E-state index contributed by atoms with van der Waals surface area (Å²) in [5.74, 6) is -7.71. The number of aromatic nitrogens is 3. The maximum Gasteiger partial charge on any atom is 0.267 e. The van der Waals surface area contributed by atoms with Gasteiger partial charge in [0.05, 0.1) is 24.8 Å². The normalized spacial score (nSPS) is 17.5. The number of carbonyl (C=O) groups is 11. The number of rotatable bonds is 29. The molecule has 2 fully saturated rings. The molecule has 11 amide bonds. The van der Waals surface area contributed by atoms with Gasteiger partial charge in [0.25, 0.3) is 5.91 Å². The van der Waals surface area contributed by atoms with Gasteiger partial charge in [0.15, 0.2) is 0 Å². The number of nitrogens with two attached hydrogens (primary N) is 1. The third kappa shape index (κ3) is 19.6. The Kier molecular flexibility index (Phi) is 24.8. The number of fused-ring (bicyclic) bond motifs is 1. The summed E-state index contributed by atoms with van der Waals surface area (Å²) in [6.07, 6.45) is 6.20. The number of hydrogen-bond acceptors (Lipinski definition) is 15. The molecule has 472 valence electrons. The van der Waals surface area contributed by atoms with Crippen LogP contribution in [0.1, 0.15) is 96.9 Å². The molecule has 14 N–H and O–H groups in total. The fraction of sp³-hybridized carbons (Fsp3) is 0.525. The van der Waals surface area contributed by atoms with Crippen LogP contribution in [0.25, 0.3) is 10.9 Å². The lowest BCUT2D eigenvalue weighted by Gasteiger charge is -2.33. The fourth-order valence-electron chi connectivity index (χ4n) is 10.2. The van der Waals surface area contributed by atoms with Crippen molar-refractivity contribution in [3.63, 3.8) is 0 Å². The van der Waals surface area contributed by atoms with Crippen LogP contribution in [0.3, 0.4) is 0 Å². The van der Waals surface area contributed by atoms with Gasteiger partial charge in [0.1, 0.15) is 48.3 Å². The molecule has 2 aliphatic rings. The van der Waals surface area contributed by atoms with Crippen LogP contribution >= 0.6 is 11.8 Å². The first-order chi connectivity index (χ1) is 41.3. The van der Waals surface area contributed by atoms with Crippen LogP contribution in [0.15, 0.2) is 73.3 Å². The second-order valence-electron chi connectivity index (χ2n) is 23.5. The van der Waals surface area contributed by atoms with Crippen molar-refractivity contribution in [3.05, 3.63) is 90.1 Å². The number of piperidine rings is 1. The molecule has 0 radical (unpaired) electrons. The predicted molar refractivity (Wildman–Crippen MR) is 322 cm³/mol. The van der Waals surface area contributed by atoms with Gasteiger partial charge in [-0.15, -0.1) is 11.8 Å². The largest absolute Gasteiger partial charge is 0.370 e. The Balaban J connectivity index is 1.15. The van der Waals surface area contributed by atoms with Gasteiger partial charge < -0.3 is 68.0 Å². The molecular formula is C59H83N15O12S. The number of imidazole rings is 1. The summed E-state index contributed by atoms with van der Waals surface area (Å²) in [5, 5.41) is 32.2. The van der Waals surface area contributed by atoms with E-state index >= 15 is 0 Å². The van der Waals surface area contributed by atoms with E-state index in [0.29, 0.717) is 24.2 Å². The van der Waals surface area contributed by atoms with Crippen LogP contribution in [-0.4, -0.2) is 181 Å². The highest BCUT2D eigenvalue weighted by Gasteiger charge is 2.41. The van der Waals surface area contributed by atoms with E-state index in [1.807, 2.05) is 32.0 Å². The molecule has 0 saturated carbocycles. The highest BCUT2D eigenvalue weighted by atomic mass is 32.2. The van der Waals surface area contributed by atoms with Gasteiger partial charge in [0, 0.05) is 67.5 Å². The average molecular weight is 1230 g/mol. The Labute approximate surface area is 509 Å². The molecule has 6 rings (SSSR count). The van der Waals surface area contributed by atoms with E-state index in [9.17, 15) is 57.9 Å². The van der Waals surface area contributed by atoms with Crippen molar-refractivity contribution in [1.29, 1.82) is 0 Å². The minimum atomic E-state index is -1.44. The van der Waals surface area contributed by atoms with E-state index in [0.717, 1.165) is 34.2 Å². The topological polar surface area (TPSA) is 393 Å². The van der Waals surface area contributed by atoms with E-state index in [2.05, 4.69) is 57.5 Å². The molecule has 2 aliphatic heterocycles. The molecule has 0 bridgehead atoms. The number of primary amides is 1. The molecule has 2 aromatic carbocycles. The Morgan fingerprint density at radius 2 is 1.43 bits per heavy atom. The number of hydrogen-bond donors (Lipinski definition) is 13. The first-order valence-corrected chi connectivity index (χ1v) is 30.3. The van der Waals surface area contributed by atoms with E-state index < -0.39 is 131 Å². The highest BCUT2D eigenvalue weighted by molar-refractivity contribution is 7.99. The fourth-order valence-corrected chi connectivity index (χ4v) is 11.4. The van der Waals surface area contributed by atoms with Crippen LogP contribution in [0.5, 0.6) is 0 Å². The number of carbonyl (C=O) groups excluding carboxylic acids is 11. The van der Waals surface area contributed by atoms with Gasteiger partial charge in [-0.05, 0) is 67.7 Å². The van der Waals surface area contributed by atoms with Crippen LogP contribution < -0.4 is 53.7 Å². The predicted octanol–water partition coefficient (Wildman–Crippen LogP) is -0.303. The molecule has 2 aromatic heterocycles. The van der Waals surface area contributed by atoms with Crippen LogP contribution in [0.2, 0.25) is 0 Å². The quantitative estimate of drug-likeness (QED) is 0.0245. The summed E-state index contributed by atoms with van der Waals surface area (Å²) in [7, 11) is 1.35. The number of benzene rings is 2. The van der Waals surface area contributed by atoms with Crippen molar-refractivity contribution in [2.75, 3.05) is 31.8 Å². The van der Waals surface area contributed by atoms with Crippen LogP contribution in [0, 0.1) is 11.3 Å². The van der Waals surface area contributed by atoms with Gasteiger partial charge in [-0.25, -0.2) is 10.5 Å². The van der Waals surface area contributed by atoms with Gasteiger partial charge in [-0.3, -0.25) is 57.9 Å². The smallest absolute Gasteiger partial charge is 0.267 e. The molecule has 4 heterocycles. The second kappa shape index (κ2) is 31.9. The Hall–Kier alpha value is -8.37. The molecule has 2 saturated heterocycles. The van der Waals surface area contributed by atoms with Gasteiger partial charge in [-0.1, -0.05) is 89.6 Å². The number of nitrogens with one attached hydrogen (secondary N) is 11. The number of amides is 11. The second-order valence-corrected chi connectivity index (χ2v) is 24.5. The summed E-state index contributed by atoms with van der Waals surface area (Å²) >= 11 is 1.30. The number of para-hydroxylation sites is 1. The molecule has 0 unspecified atom stereocenters. The standard InChI is InChI=1S/C59H83N15O12S/c1-33(2)23-44(58(85)74-32-87-30-46(74)56(83)72-86)70-55(82)45(26-37-28-61-31-65-37)73(7)48(76)29-64-57(84)49(59(4,5)6)71-50(77)34(3)66-53(80)43(25-36-27-63-39-18-12-11-17-38(36)39)69-52(79)41(20-21-47(60)75)67-54(81)42(24-35-15-9-8-10-16-35)68-51(78)40-19-13-14-22-62-40/h8-12,15-18,27-28,31,33-34,40-46,49,62-63,86H,13-14,19-26,29-30,32H2,1-7H3,(H2,60,75)(H,61,65)(H,64,84)(H,66,80)(H,67,81)(H,68,78)(H,69,79)(H,70,82)(H,71,77)(H,72,83)/t34-,40-,41-,42+,43-,44-,45-,46-,49+/m0/s1. The van der Waals surface area contributed by atoms with Crippen LogP contribution in [-0.2, 0) is 72.0 Å². The van der Waals surface area contributed by atoms with E-state index in [1.54, 1.807) is 68.8 Å². The number of thioether (sulfide) groups is 1. The lowest BCUT2D eigenvalue weighted by Crippen LogP contribution is -2.61. The van der Waals surface area contributed by atoms with Crippen molar-refractivity contribution in [2.45, 2.75) is 154 Å². The van der Waals surface area contributed by atoms with Gasteiger partial charge in [0.2, 0.25) is 59.1 Å². The monoisotopic (exact) mass is 1230 g/mol. The van der Waals surface area contributed by atoms with Crippen LogP contribution in [0.4, 0.5) is 0 Å². The molecule has 4 aromatic rings. The number of nitrogens with zero attached hydrogens (tertiary/aromatic N) is 3. The molecule has 87 heavy (non-hydrogen) atoms. The zero-order valence-corrected chi connectivity index (χ0v) is 51.0. The lowest BCUT2D eigenvalue weighted by atomic mass is 9.86. The third-order valence-electron chi connectivity index (χ3n) is 15.2. The molecule has 27 nitrogen and oxygen atoms in total. The van der Waals surface area contributed by atoms with Crippen molar-refractivity contribution >= 4 is 87.6 Å². The summed E-state index contributed by atoms with van der Waals surface area (Å²) in [6, 6.07) is 5.62. The Morgan fingerprint density at radius 3 is 2.08 bits per heavy atom. The zero-order chi connectivity index (χ0) is 63.5. The van der Waals surface area contributed by atoms with E-state index in [-0.39, 0.29) is 56.1 Å². The molecular weight excluding hydrogens is 1140 g/mol. The summed E-state index contributed by atoms with van der Waals surface area (Å²) in [6.45, 7) is 10.0. The number of likely N-dealkylation sites (N-methyl/N-ethyl adjacent to an activating group) is 1. The maximum absolute atomic E-state index is 14.5. The third-order valence-corrected chi connectivity index (χ3v) is 16.2. The maximum atomic E-state index is 14.5. The zero-order valence-electron chi connectivity index (χ0n) is 50.2. The van der Waals surface area contributed by atoms with E-state index in [4.69, 9.17) is 5.73 Å². The summed E-state index contributed by atoms with van der Waals surface area (Å²) in [5.41, 5.74) is 8.66. The number of aromatic amines is 2. The molecule has 28 heteroatoms. The van der Waals surface area contributed by atoms with Gasteiger partial charge >= 0.3 is 0 Å². The van der Waals surface area contributed by atoms with Crippen molar-refractivity contribution in [1.82, 2.24) is 72.8 Å². The molecule has 9 atom stereocenters. The Morgan fingerprint density at radius 1 is 0.759 bits per heavy atom. The summed E-state index contributed by atoms with van der Waals surface area (Å²) < 4.78 is 0. The van der Waals surface area contributed by atoms with Crippen molar-refractivity contribution in [2.24, 2.45) is 17.1 Å². The number of hydroxylamine groups is 1. The minimum Gasteiger partial charge on any atom is -0.370 e. The lowest BCUT2D eigenvalue weighted by molar-refractivity contribution is -0.145. The van der Waals surface area contributed by atoms with Crippen molar-refractivity contribution in [3.8, 4) is 0 Å². The van der Waals surface area contributed by atoms with E-state index in [1.165, 1.54) is 43.2 Å². The molecule has 0 aliphatic carbocycles.